The summed E-state index contributed by atoms with van der Waals surface area (Å²) in [5.41, 5.74) is 4.53. The zero-order valence-electron chi connectivity index (χ0n) is 16.8. The molecule has 1 N–H and O–H groups in total. The van der Waals surface area contributed by atoms with Gasteiger partial charge in [0.25, 0.3) is 0 Å². The highest BCUT2D eigenvalue weighted by Crippen LogP contribution is 2.52. The van der Waals surface area contributed by atoms with Gasteiger partial charge in [-0.15, -0.1) is 0 Å². The smallest absolute Gasteiger partial charge is 0.226 e. The van der Waals surface area contributed by atoms with E-state index in [-0.39, 0.29) is 6.04 Å². The first-order valence-corrected chi connectivity index (χ1v) is 12.0. The number of rotatable bonds is 2. The van der Waals surface area contributed by atoms with Crippen LogP contribution in [-0.4, -0.2) is 14.8 Å². The maximum atomic E-state index is 6.71. The molecule has 1 aromatic heterocycles. The normalized spacial score (nSPS) is 18.7. The zero-order valence-corrected chi connectivity index (χ0v) is 20.6. The Bertz CT molecular complexity index is 1430. The molecule has 33 heavy (non-hydrogen) atoms. The number of benzene rings is 3. The maximum Gasteiger partial charge on any atom is 0.226 e. The van der Waals surface area contributed by atoms with E-state index in [0.717, 1.165) is 38.2 Å². The van der Waals surface area contributed by atoms with Gasteiger partial charge in [0.15, 0.2) is 0 Å². The van der Waals surface area contributed by atoms with Crippen LogP contribution in [0.3, 0.4) is 0 Å². The highest BCUT2D eigenvalue weighted by Gasteiger charge is 2.41. The number of halogens is 4. The van der Waals surface area contributed by atoms with Crippen molar-refractivity contribution in [1.82, 2.24) is 14.8 Å². The van der Waals surface area contributed by atoms with Gasteiger partial charge in [-0.1, -0.05) is 68.9 Å². The third-order valence-corrected chi connectivity index (χ3v) is 7.13. The lowest BCUT2D eigenvalue weighted by atomic mass is 9.84. The molecule has 2 atom stereocenters. The van der Waals surface area contributed by atoms with Crippen LogP contribution in [0.4, 0.5) is 5.95 Å². The second-order valence-corrected chi connectivity index (χ2v) is 9.94. The highest BCUT2D eigenvalue weighted by atomic mass is 79.9. The van der Waals surface area contributed by atoms with E-state index in [1.54, 1.807) is 6.07 Å². The van der Waals surface area contributed by atoms with Gasteiger partial charge in [0.05, 0.1) is 5.70 Å². The Balaban J connectivity index is 1.65. The van der Waals surface area contributed by atoms with Crippen LogP contribution in [0.1, 0.15) is 28.8 Å². The quantitative estimate of drug-likeness (QED) is 0.275. The van der Waals surface area contributed by atoms with Crippen molar-refractivity contribution in [2.75, 3.05) is 5.32 Å². The zero-order chi connectivity index (χ0) is 22.7. The predicted octanol–water partition coefficient (Wildman–Crippen LogP) is 7.56. The molecule has 6 rings (SSSR count). The van der Waals surface area contributed by atoms with E-state index >= 15 is 0 Å². The van der Waals surface area contributed by atoms with Crippen molar-refractivity contribution in [2.45, 2.75) is 12.1 Å². The summed E-state index contributed by atoms with van der Waals surface area (Å²) in [6, 6.07) is 18.8. The van der Waals surface area contributed by atoms with E-state index in [1.165, 1.54) is 6.33 Å². The number of hydrogen-bond acceptors (Lipinski definition) is 4. The Morgan fingerprint density at radius 2 is 1.70 bits per heavy atom. The fourth-order valence-corrected chi connectivity index (χ4v) is 5.33. The average Bonchev–Trinajstić information content (AvgIpc) is 3.27. The standard InChI is InChI=1S/C24H14BrCl3N4O/c25-13-3-1-12(2-4-13)23-20-21(17-9-14(26)6-8-19(17)33-23)31-24-29-11-30-32(24)22(20)16-7-5-15(27)10-18(16)28/h1-11,22-23H,(H,29,30,31)/t22-,23+/m1/s1. The average molecular weight is 561 g/mol. The molecule has 0 aliphatic carbocycles. The molecule has 0 amide bonds. The Morgan fingerprint density at radius 3 is 2.48 bits per heavy atom. The van der Waals surface area contributed by atoms with Gasteiger partial charge in [0.1, 0.15) is 24.2 Å². The second kappa shape index (κ2) is 8.06. The third kappa shape index (κ3) is 3.53. The van der Waals surface area contributed by atoms with Crippen molar-refractivity contribution in [1.29, 1.82) is 0 Å². The van der Waals surface area contributed by atoms with E-state index in [0.29, 0.717) is 21.0 Å². The van der Waals surface area contributed by atoms with Gasteiger partial charge in [-0.05, 0) is 53.6 Å². The maximum absolute atomic E-state index is 6.71. The lowest BCUT2D eigenvalue weighted by Crippen LogP contribution is -2.32. The molecule has 2 aliphatic rings. The minimum absolute atomic E-state index is 0.371. The van der Waals surface area contributed by atoms with Crippen LogP contribution in [-0.2, 0) is 0 Å². The highest BCUT2D eigenvalue weighted by molar-refractivity contribution is 9.10. The molecule has 0 fully saturated rings. The lowest BCUT2D eigenvalue weighted by molar-refractivity contribution is 0.223. The van der Waals surface area contributed by atoms with Gasteiger partial charge >= 0.3 is 0 Å². The van der Waals surface area contributed by atoms with Gasteiger partial charge in [0.2, 0.25) is 5.95 Å². The van der Waals surface area contributed by atoms with Crippen molar-refractivity contribution < 1.29 is 4.74 Å². The second-order valence-electron chi connectivity index (χ2n) is 7.74. The Hall–Kier alpha value is -2.51. The van der Waals surface area contributed by atoms with Gasteiger partial charge < -0.3 is 10.1 Å². The van der Waals surface area contributed by atoms with Gasteiger partial charge in [-0.2, -0.15) is 10.1 Å². The van der Waals surface area contributed by atoms with Gasteiger partial charge in [0, 0.05) is 30.7 Å². The monoisotopic (exact) mass is 558 g/mol. The summed E-state index contributed by atoms with van der Waals surface area (Å²) in [5.74, 6) is 1.33. The molecule has 0 saturated heterocycles. The molecule has 5 nitrogen and oxygen atoms in total. The topological polar surface area (TPSA) is 52.0 Å². The molecular weight excluding hydrogens is 547 g/mol. The molecule has 0 unspecified atom stereocenters. The minimum atomic E-state index is -0.400. The number of aromatic nitrogens is 3. The molecule has 164 valence electrons. The van der Waals surface area contributed by atoms with Crippen LogP contribution in [0.25, 0.3) is 5.70 Å². The molecule has 0 radical (unpaired) electrons. The van der Waals surface area contributed by atoms with Gasteiger partial charge in [-0.25, -0.2) is 4.68 Å². The molecule has 3 aromatic carbocycles. The first-order chi connectivity index (χ1) is 16.0. The minimum Gasteiger partial charge on any atom is -0.480 e. The summed E-state index contributed by atoms with van der Waals surface area (Å²) in [5, 5.41) is 9.68. The van der Waals surface area contributed by atoms with Crippen LogP contribution >= 0.6 is 50.7 Å². The Morgan fingerprint density at radius 1 is 0.939 bits per heavy atom. The molecule has 3 heterocycles. The Kier molecular flexibility index (Phi) is 5.14. The largest absolute Gasteiger partial charge is 0.480 e. The number of hydrogen-bond donors (Lipinski definition) is 1. The van der Waals surface area contributed by atoms with E-state index in [9.17, 15) is 0 Å². The summed E-state index contributed by atoms with van der Waals surface area (Å²) in [6.07, 6.45) is 1.12. The van der Waals surface area contributed by atoms with Crippen LogP contribution in [0.15, 0.2) is 77.0 Å². The third-order valence-electron chi connectivity index (χ3n) is 5.81. The number of nitrogens with zero attached hydrogens (tertiary/aromatic N) is 3. The molecule has 2 aliphatic heterocycles. The summed E-state index contributed by atoms with van der Waals surface area (Å²) in [7, 11) is 0. The van der Waals surface area contributed by atoms with Crippen LogP contribution in [0.2, 0.25) is 15.1 Å². The number of nitrogens with one attached hydrogen (secondary N) is 1. The fourth-order valence-electron chi connectivity index (χ4n) is 4.38. The summed E-state index contributed by atoms with van der Waals surface area (Å²) in [4.78, 5) is 4.43. The van der Waals surface area contributed by atoms with Crippen LogP contribution < -0.4 is 10.1 Å². The van der Waals surface area contributed by atoms with Crippen LogP contribution in [0.5, 0.6) is 5.75 Å². The molecule has 9 heteroatoms. The predicted molar refractivity (Wildman–Crippen MR) is 134 cm³/mol. The van der Waals surface area contributed by atoms with E-state index in [4.69, 9.17) is 39.5 Å². The van der Waals surface area contributed by atoms with E-state index in [2.05, 4.69) is 31.3 Å². The molecule has 0 spiro atoms. The van der Waals surface area contributed by atoms with Crippen molar-refractivity contribution in [3.8, 4) is 5.75 Å². The summed E-state index contributed by atoms with van der Waals surface area (Å²) < 4.78 is 9.39. The van der Waals surface area contributed by atoms with Crippen molar-refractivity contribution in [2.24, 2.45) is 0 Å². The van der Waals surface area contributed by atoms with Crippen LogP contribution in [0, 0.1) is 0 Å². The molecular formula is C24H14BrCl3N4O. The van der Waals surface area contributed by atoms with Gasteiger partial charge in [-0.3, -0.25) is 0 Å². The van der Waals surface area contributed by atoms with Crippen molar-refractivity contribution >= 4 is 62.4 Å². The molecule has 0 bridgehead atoms. The van der Waals surface area contributed by atoms with Crippen molar-refractivity contribution in [3.05, 3.63) is 109 Å². The van der Waals surface area contributed by atoms with E-state index in [1.807, 2.05) is 59.3 Å². The first kappa shape index (κ1) is 21.1. The van der Waals surface area contributed by atoms with Crippen molar-refractivity contribution in [3.63, 3.8) is 0 Å². The number of anilines is 1. The Labute approximate surface area is 213 Å². The first-order valence-electron chi connectivity index (χ1n) is 10.1. The summed E-state index contributed by atoms with van der Waals surface area (Å²) in [6.45, 7) is 0. The summed E-state index contributed by atoms with van der Waals surface area (Å²) >= 11 is 22.8. The molecule has 4 aromatic rings. The lowest BCUT2D eigenvalue weighted by Gasteiger charge is -2.39. The number of fused-ring (bicyclic) bond motifs is 3. The van der Waals surface area contributed by atoms with E-state index < -0.39 is 6.10 Å². The number of ether oxygens (including phenoxy) is 1. The fraction of sp³-hybridized carbons (Fsp3) is 0.0833. The molecule has 0 saturated carbocycles. The SMILES string of the molecule is Clc1ccc([C@@H]2C3=C(Nc4ncnn42)c2cc(Cl)ccc2O[C@H]3c2ccc(Br)cc2)c(Cl)c1.